The van der Waals surface area contributed by atoms with Gasteiger partial charge in [-0.25, -0.2) is 9.18 Å². The van der Waals surface area contributed by atoms with E-state index in [1.165, 1.54) is 12.1 Å². The van der Waals surface area contributed by atoms with Gasteiger partial charge in [0.05, 0.1) is 16.8 Å². The summed E-state index contributed by atoms with van der Waals surface area (Å²) in [6.45, 7) is 0.211. The molecule has 4 rings (SSSR count). The highest BCUT2D eigenvalue weighted by atomic mass is 19.1. The third kappa shape index (κ3) is 3.26. The number of anilines is 3. The second-order valence-electron chi connectivity index (χ2n) is 6.46. The Labute approximate surface area is 165 Å². The van der Waals surface area contributed by atoms with Crippen LogP contribution in [0.15, 0.2) is 65.2 Å². The smallest absolute Gasteiger partial charge is 0.323 e. The van der Waals surface area contributed by atoms with Crippen LogP contribution < -0.4 is 22.1 Å². The van der Waals surface area contributed by atoms with Crippen molar-refractivity contribution in [3.05, 3.63) is 72.0 Å². The molecule has 4 aromatic rings. The van der Waals surface area contributed by atoms with Crippen LogP contribution in [-0.4, -0.2) is 11.2 Å². The molecule has 0 aliphatic carbocycles. The SMILES string of the molecule is NCc1ccc(F)c(N(C(N)=O)c2ccc(-c3cccc4onc(N)c34)cc2)c1. The lowest BCUT2D eigenvalue weighted by atomic mass is 10.0. The second-order valence-corrected chi connectivity index (χ2v) is 6.46. The molecule has 1 heterocycles. The van der Waals surface area contributed by atoms with Crippen LogP contribution in [-0.2, 0) is 6.54 Å². The van der Waals surface area contributed by atoms with Crippen LogP contribution in [0.3, 0.4) is 0 Å². The third-order valence-electron chi connectivity index (χ3n) is 4.67. The Kier molecular flexibility index (Phi) is 4.61. The number of amides is 2. The molecular weight excluding hydrogens is 373 g/mol. The maximum Gasteiger partial charge on any atom is 0.323 e. The van der Waals surface area contributed by atoms with Gasteiger partial charge < -0.3 is 21.7 Å². The Morgan fingerprint density at radius 3 is 2.55 bits per heavy atom. The van der Waals surface area contributed by atoms with Crippen LogP contribution in [0.2, 0.25) is 0 Å². The molecule has 1 aromatic heterocycles. The van der Waals surface area contributed by atoms with Crippen LogP contribution >= 0.6 is 0 Å². The first-order chi connectivity index (χ1) is 14.0. The average molecular weight is 391 g/mol. The van der Waals surface area contributed by atoms with Gasteiger partial charge in [0.1, 0.15) is 5.82 Å². The van der Waals surface area contributed by atoms with E-state index in [4.69, 9.17) is 21.7 Å². The zero-order valence-electron chi connectivity index (χ0n) is 15.3. The van der Waals surface area contributed by atoms with Gasteiger partial charge in [0, 0.05) is 6.54 Å². The van der Waals surface area contributed by atoms with Crippen LogP contribution in [0, 0.1) is 5.82 Å². The summed E-state index contributed by atoms with van der Waals surface area (Å²) in [5.41, 5.74) is 20.5. The highest BCUT2D eigenvalue weighted by Crippen LogP contribution is 2.35. The molecule has 146 valence electrons. The first kappa shape index (κ1) is 18.5. The summed E-state index contributed by atoms with van der Waals surface area (Å²) in [5.74, 6) is -0.286. The van der Waals surface area contributed by atoms with E-state index in [-0.39, 0.29) is 12.2 Å². The molecular formula is C21H18FN5O2. The van der Waals surface area contributed by atoms with Crippen molar-refractivity contribution in [2.45, 2.75) is 6.54 Å². The molecule has 2 amide bonds. The molecule has 0 bridgehead atoms. The quantitative estimate of drug-likeness (QED) is 0.487. The van der Waals surface area contributed by atoms with Gasteiger partial charge in [0.25, 0.3) is 0 Å². The number of aromatic nitrogens is 1. The van der Waals surface area contributed by atoms with Crippen molar-refractivity contribution < 1.29 is 13.7 Å². The average Bonchev–Trinajstić information content (AvgIpc) is 3.11. The highest BCUT2D eigenvalue weighted by molar-refractivity contribution is 6.02. The number of rotatable bonds is 4. The molecule has 0 atom stereocenters. The molecule has 0 aliphatic rings. The fraction of sp³-hybridized carbons (Fsp3) is 0.0476. The number of benzene rings is 3. The monoisotopic (exact) mass is 391 g/mol. The van der Waals surface area contributed by atoms with E-state index < -0.39 is 11.8 Å². The molecule has 0 aliphatic heterocycles. The summed E-state index contributed by atoms with van der Waals surface area (Å²) in [6, 6.07) is 16.0. The minimum atomic E-state index is -0.809. The molecule has 7 nitrogen and oxygen atoms in total. The number of carbonyl (C=O) groups excluding carboxylic acids is 1. The lowest BCUT2D eigenvalue weighted by Gasteiger charge is -2.22. The van der Waals surface area contributed by atoms with E-state index >= 15 is 0 Å². The Hall–Kier alpha value is -3.91. The fourth-order valence-electron chi connectivity index (χ4n) is 3.29. The Morgan fingerprint density at radius 2 is 1.86 bits per heavy atom. The predicted octanol–water partition coefficient (Wildman–Crippen LogP) is 3.89. The fourth-order valence-corrected chi connectivity index (χ4v) is 3.29. The summed E-state index contributed by atoms with van der Waals surface area (Å²) in [4.78, 5) is 13.2. The zero-order valence-corrected chi connectivity index (χ0v) is 15.3. The summed E-state index contributed by atoms with van der Waals surface area (Å²) in [6.07, 6.45) is 0. The molecule has 8 heteroatoms. The number of hydrogen-bond donors (Lipinski definition) is 3. The Bertz CT molecular complexity index is 1200. The van der Waals surface area contributed by atoms with Crippen LogP contribution in [0.4, 0.5) is 26.4 Å². The van der Waals surface area contributed by atoms with Gasteiger partial charge in [-0.2, -0.15) is 0 Å². The molecule has 6 N–H and O–H groups in total. The van der Waals surface area contributed by atoms with Gasteiger partial charge in [-0.05, 0) is 47.0 Å². The third-order valence-corrected chi connectivity index (χ3v) is 4.67. The molecule has 0 saturated carbocycles. The zero-order chi connectivity index (χ0) is 20.5. The van der Waals surface area contributed by atoms with Crippen molar-refractivity contribution in [1.29, 1.82) is 0 Å². The molecule has 0 radical (unpaired) electrons. The van der Waals surface area contributed by atoms with Crippen LogP contribution in [0.25, 0.3) is 22.1 Å². The molecule has 0 fully saturated rings. The van der Waals surface area contributed by atoms with Crippen LogP contribution in [0.1, 0.15) is 5.56 Å². The van der Waals surface area contributed by atoms with Gasteiger partial charge >= 0.3 is 6.03 Å². The first-order valence-electron chi connectivity index (χ1n) is 8.82. The standard InChI is InChI=1S/C21H18FN5O2/c22-16-9-4-12(11-23)10-17(16)27(21(25)28)14-7-5-13(6-8-14)15-2-1-3-18-19(15)20(24)26-29-18/h1-10H,11,23H2,(H2,24,26)(H2,25,28). The van der Waals surface area contributed by atoms with E-state index in [1.54, 1.807) is 36.4 Å². The molecule has 3 aromatic carbocycles. The van der Waals surface area contributed by atoms with Crippen molar-refractivity contribution in [1.82, 2.24) is 5.16 Å². The minimum Gasteiger partial charge on any atom is -0.380 e. The number of primary amides is 1. The summed E-state index contributed by atoms with van der Waals surface area (Å²) in [7, 11) is 0. The summed E-state index contributed by atoms with van der Waals surface area (Å²) >= 11 is 0. The van der Waals surface area contributed by atoms with Gasteiger partial charge in [0.15, 0.2) is 11.4 Å². The number of nitrogen functional groups attached to an aromatic ring is 1. The molecule has 0 saturated heterocycles. The number of nitrogens with zero attached hydrogens (tertiary/aromatic N) is 2. The van der Waals surface area contributed by atoms with Gasteiger partial charge in [-0.15, -0.1) is 0 Å². The first-order valence-corrected chi connectivity index (χ1v) is 8.82. The number of halogens is 1. The minimum absolute atomic E-state index is 0.0404. The maximum atomic E-state index is 14.4. The molecule has 0 spiro atoms. The largest absolute Gasteiger partial charge is 0.380 e. The normalized spacial score (nSPS) is 11.0. The highest BCUT2D eigenvalue weighted by Gasteiger charge is 2.20. The number of carbonyl (C=O) groups is 1. The van der Waals surface area contributed by atoms with E-state index in [0.717, 1.165) is 16.0 Å². The van der Waals surface area contributed by atoms with E-state index in [9.17, 15) is 9.18 Å². The van der Waals surface area contributed by atoms with E-state index in [1.807, 2.05) is 12.1 Å². The topological polar surface area (TPSA) is 124 Å². The van der Waals surface area contributed by atoms with Crippen molar-refractivity contribution in [2.75, 3.05) is 10.6 Å². The number of fused-ring (bicyclic) bond motifs is 1. The lowest BCUT2D eigenvalue weighted by Crippen LogP contribution is -2.32. The predicted molar refractivity (Wildman–Crippen MR) is 110 cm³/mol. The van der Waals surface area contributed by atoms with E-state index in [2.05, 4.69) is 5.16 Å². The number of nitrogens with two attached hydrogens (primary N) is 3. The summed E-state index contributed by atoms with van der Waals surface area (Å²) < 4.78 is 19.6. The van der Waals surface area contributed by atoms with Crippen molar-refractivity contribution >= 4 is 34.2 Å². The van der Waals surface area contributed by atoms with Crippen molar-refractivity contribution in [2.24, 2.45) is 11.5 Å². The Morgan fingerprint density at radius 1 is 1.10 bits per heavy atom. The van der Waals surface area contributed by atoms with Crippen molar-refractivity contribution in [3.8, 4) is 11.1 Å². The molecule has 0 unspecified atom stereocenters. The van der Waals surface area contributed by atoms with Gasteiger partial charge in [0.2, 0.25) is 0 Å². The Balaban J connectivity index is 1.78. The molecule has 29 heavy (non-hydrogen) atoms. The lowest BCUT2D eigenvalue weighted by molar-refractivity contribution is 0.256. The number of hydrogen-bond acceptors (Lipinski definition) is 5. The van der Waals surface area contributed by atoms with Gasteiger partial charge in [-0.3, -0.25) is 4.90 Å². The maximum absolute atomic E-state index is 14.4. The van der Waals surface area contributed by atoms with E-state index in [0.29, 0.717) is 28.0 Å². The second kappa shape index (κ2) is 7.25. The summed E-state index contributed by atoms with van der Waals surface area (Å²) in [5, 5.41) is 4.50. The van der Waals surface area contributed by atoms with Crippen molar-refractivity contribution in [3.63, 3.8) is 0 Å². The van der Waals surface area contributed by atoms with Gasteiger partial charge in [-0.1, -0.05) is 35.5 Å². The van der Waals surface area contributed by atoms with Crippen LogP contribution in [0.5, 0.6) is 0 Å². The number of urea groups is 1.